The second-order valence-electron chi connectivity index (χ2n) is 6.15. The van der Waals surface area contributed by atoms with Crippen molar-refractivity contribution in [3.05, 3.63) is 65.5 Å². The molecule has 0 fully saturated rings. The van der Waals surface area contributed by atoms with E-state index in [1.165, 1.54) is 23.2 Å². The molecule has 3 heteroatoms. The van der Waals surface area contributed by atoms with Crippen molar-refractivity contribution in [1.29, 1.82) is 0 Å². The fraction of sp³-hybridized carbons (Fsp3) is 0.421. The Bertz CT molecular complexity index is 610. The Kier molecular flexibility index (Phi) is 4.65. The molecule has 2 bridgehead atoms. The number of aromatic nitrogens is 1. The summed E-state index contributed by atoms with van der Waals surface area (Å²) in [5, 5.41) is 0. The molecular weight excluding hydrogens is 338 g/mol. The van der Waals surface area contributed by atoms with E-state index in [0.717, 1.165) is 19.4 Å². The minimum Gasteiger partial charge on any atom is -1.00 e. The van der Waals surface area contributed by atoms with Gasteiger partial charge in [0.15, 0.2) is 17.9 Å². The van der Waals surface area contributed by atoms with Gasteiger partial charge in [0.05, 0.1) is 12.0 Å². The largest absolute Gasteiger partial charge is 1.00 e. The number of rotatable bonds is 4. The Morgan fingerprint density at radius 1 is 1.09 bits per heavy atom. The second kappa shape index (κ2) is 6.51. The molecule has 3 aliphatic rings. The summed E-state index contributed by atoms with van der Waals surface area (Å²) in [6.45, 7) is 3.11. The van der Waals surface area contributed by atoms with Gasteiger partial charge in [-0.2, -0.15) is 4.57 Å². The quantitative estimate of drug-likeness (QED) is 0.575. The smallest absolute Gasteiger partial charge is 0.192 e. The van der Waals surface area contributed by atoms with Crippen LogP contribution in [-0.2, 0) is 4.74 Å². The molecule has 2 aromatic rings. The molecule has 116 valence electrons. The van der Waals surface area contributed by atoms with Gasteiger partial charge < -0.3 is 21.7 Å². The summed E-state index contributed by atoms with van der Waals surface area (Å²) < 4.78 is 8.71. The number of hydrogen-bond donors (Lipinski definition) is 0. The van der Waals surface area contributed by atoms with Gasteiger partial charge in [0.1, 0.15) is 0 Å². The summed E-state index contributed by atoms with van der Waals surface area (Å²) in [7, 11) is 0. The predicted molar refractivity (Wildman–Crippen MR) is 82.3 cm³/mol. The molecule has 3 unspecified atom stereocenters. The maximum Gasteiger partial charge on any atom is 0.192 e. The minimum atomic E-state index is 0. The molecule has 0 spiro atoms. The van der Waals surface area contributed by atoms with Crippen LogP contribution in [0.15, 0.2) is 48.7 Å². The van der Waals surface area contributed by atoms with Crippen LogP contribution in [-0.4, -0.2) is 12.7 Å². The summed E-state index contributed by atoms with van der Waals surface area (Å²) in [6.07, 6.45) is 6.02. The van der Waals surface area contributed by atoms with Gasteiger partial charge >= 0.3 is 0 Å². The Balaban J connectivity index is 0.00000144. The summed E-state index contributed by atoms with van der Waals surface area (Å²) in [5.74, 6) is 0.393. The molecule has 0 saturated carbocycles. The zero-order valence-electron chi connectivity index (χ0n) is 12.9. The molecule has 1 aromatic carbocycles. The highest BCUT2D eigenvalue weighted by Crippen LogP contribution is 2.45. The van der Waals surface area contributed by atoms with E-state index in [4.69, 9.17) is 4.74 Å². The molecule has 0 amide bonds. The first kappa shape index (κ1) is 15.7. The highest BCUT2D eigenvalue weighted by molar-refractivity contribution is 5.42. The molecule has 22 heavy (non-hydrogen) atoms. The average Bonchev–Trinajstić information content (AvgIpc) is 2.55. The molecule has 3 heterocycles. The number of benzene rings is 1. The molecule has 0 radical (unpaired) electrons. The Hall–Kier alpha value is -1.19. The lowest BCUT2D eigenvalue weighted by Gasteiger charge is -2.40. The Labute approximate surface area is 142 Å². The van der Waals surface area contributed by atoms with Crippen LogP contribution in [0.3, 0.4) is 0 Å². The van der Waals surface area contributed by atoms with E-state index in [1.807, 2.05) is 0 Å². The van der Waals surface area contributed by atoms with Crippen molar-refractivity contribution in [2.45, 2.75) is 44.2 Å². The van der Waals surface area contributed by atoms with Crippen LogP contribution in [0.4, 0.5) is 0 Å². The summed E-state index contributed by atoms with van der Waals surface area (Å²) >= 11 is 0. The highest BCUT2D eigenvalue weighted by atomic mass is 79.9. The van der Waals surface area contributed by atoms with Crippen LogP contribution in [0.2, 0.25) is 0 Å². The van der Waals surface area contributed by atoms with E-state index in [2.05, 4.69) is 60.2 Å². The van der Waals surface area contributed by atoms with Gasteiger partial charge in [-0.25, -0.2) is 0 Å². The lowest BCUT2D eigenvalue weighted by Crippen LogP contribution is -3.00. The predicted octanol–water partition coefficient (Wildman–Crippen LogP) is 0.602. The summed E-state index contributed by atoms with van der Waals surface area (Å²) in [4.78, 5) is 0. The van der Waals surface area contributed by atoms with Gasteiger partial charge in [0, 0.05) is 30.7 Å². The normalized spacial score (nSPS) is 24.3. The lowest BCUT2D eigenvalue weighted by molar-refractivity contribution is -0.732. The van der Waals surface area contributed by atoms with Crippen LogP contribution in [0.5, 0.6) is 0 Å². The van der Waals surface area contributed by atoms with Gasteiger partial charge in [-0.3, -0.25) is 0 Å². The van der Waals surface area contributed by atoms with Gasteiger partial charge in [0.25, 0.3) is 0 Å². The van der Waals surface area contributed by atoms with Crippen molar-refractivity contribution in [2.75, 3.05) is 6.61 Å². The first-order chi connectivity index (χ1) is 10.4. The Morgan fingerprint density at radius 2 is 1.86 bits per heavy atom. The maximum atomic E-state index is 6.26. The van der Waals surface area contributed by atoms with Crippen molar-refractivity contribution in [3.8, 4) is 0 Å². The van der Waals surface area contributed by atoms with Crippen molar-refractivity contribution >= 4 is 0 Å². The SMILES string of the molecule is CCCCOC1CC2c3ccccc3C1c1cccc[n+]12.[Br-]. The number of ether oxygens (including phenoxy) is 1. The zero-order valence-corrected chi connectivity index (χ0v) is 14.5. The highest BCUT2D eigenvalue weighted by Gasteiger charge is 2.49. The van der Waals surface area contributed by atoms with Gasteiger partial charge in [-0.05, 0) is 12.0 Å². The van der Waals surface area contributed by atoms with Crippen LogP contribution in [0.1, 0.15) is 55.0 Å². The Morgan fingerprint density at radius 3 is 2.68 bits per heavy atom. The van der Waals surface area contributed by atoms with Crippen molar-refractivity contribution in [1.82, 2.24) is 0 Å². The topological polar surface area (TPSA) is 13.1 Å². The molecule has 1 aliphatic carbocycles. The van der Waals surface area contributed by atoms with E-state index >= 15 is 0 Å². The third kappa shape index (κ3) is 2.40. The lowest BCUT2D eigenvalue weighted by atomic mass is 9.72. The van der Waals surface area contributed by atoms with E-state index in [9.17, 15) is 0 Å². The monoisotopic (exact) mass is 359 g/mol. The fourth-order valence-corrected chi connectivity index (χ4v) is 3.95. The summed E-state index contributed by atoms with van der Waals surface area (Å²) in [5.41, 5.74) is 4.37. The minimum absolute atomic E-state index is 0. The van der Waals surface area contributed by atoms with Crippen LogP contribution >= 0.6 is 0 Å². The van der Waals surface area contributed by atoms with Crippen LogP contribution in [0, 0.1) is 0 Å². The molecule has 0 saturated heterocycles. The van der Waals surface area contributed by atoms with Gasteiger partial charge in [-0.15, -0.1) is 0 Å². The van der Waals surface area contributed by atoms with Gasteiger partial charge in [0.2, 0.25) is 0 Å². The molecule has 2 aliphatic heterocycles. The zero-order chi connectivity index (χ0) is 14.2. The average molecular weight is 360 g/mol. The maximum absolute atomic E-state index is 6.26. The standard InChI is InChI=1S/C19H22NO.BrH/c1-2-3-12-21-18-13-17-14-8-4-5-9-15(14)19(18)16-10-6-7-11-20(16)17;/h4-11,17-19H,2-3,12-13H2,1H3;1H/q+1;/p-1. The van der Waals surface area contributed by atoms with E-state index in [0.29, 0.717) is 18.1 Å². The van der Waals surface area contributed by atoms with Gasteiger partial charge in [-0.1, -0.05) is 43.7 Å². The number of hydrogen-bond acceptors (Lipinski definition) is 1. The molecule has 3 atom stereocenters. The van der Waals surface area contributed by atoms with E-state index in [-0.39, 0.29) is 17.0 Å². The molecule has 0 N–H and O–H groups in total. The number of fused-ring (bicyclic) bond motifs is 1. The number of nitrogens with zero attached hydrogens (tertiary/aromatic N) is 1. The third-order valence-corrected chi connectivity index (χ3v) is 4.92. The summed E-state index contributed by atoms with van der Waals surface area (Å²) in [6, 6.07) is 15.9. The van der Waals surface area contributed by atoms with Crippen molar-refractivity contribution < 1.29 is 26.3 Å². The van der Waals surface area contributed by atoms with Crippen LogP contribution < -0.4 is 21.5 Å². The number of halogens is 1. The molecule has 1 aromatic heterocycles. The molecule has 2 nitrogen and oxygen atoms in total. The van der Waals surface area contributed by atoms with Crippen molar-refractivity contribution in [2.24, 2.45) is 0 Å². The first-order valence-corrected chi connectivity index (χ1v) is 8.10. The van der Waals surface area contributed by atoms with E-state index in [1.54, 1.807) is 0 Å². The van der Waals surface area contributed by atoms with E-state index < -0.39 is 0 Å². The van der Waals surface area contributed by atoms with Crippen LogP contribution in [0.25, 0.3) is 0 Å². The van der Waals surface area contributed by atoms with Crippen molar-refractivity contribution in [3.63, 3.8) is 0 Å². The molecule has 5 rings (SSSR count). The fourth-order valence-electron chi connectivity index (χ4n) is 3.95. The third-order valence-electron chi connectivity index (χ3n) is 4.92. The first-order valence-electron chi connectivity index (χ1n) is 8.10. The molecular formula is C19H22BrNO. The second-order valence-corrected chi connectivity index (χ2v) is 6.15. The number of pyridine rings is 1. The number of unbranched alkanes of at least 4 members (excludes halogenated alkanes) is 1.